The molecule has 3 rings (SSSR count). The normalized spacial score (nSPS) is 20.2. The number of benzene rings is 1. The number of nitrogens with zero attached hydrogens (tertiary/aromatic N) is 3. The molecule has 0 aliphatic carbocycles. The molecular formula is C15H14F2N4O3. The molecule has 1 fully saturated rings. The summed E-state index contributed by atoms with van der Waals surface area (Å²) in [4.78, 5) is 20.6. The van der Waals surface area contributed by atoms with E-state index >= 15 is 0 Å². The highest BCUT2D eigenvalue weighted by molar-refractivity contribution is 5.65. The van der Waals surface area contributed by atoms with E-state index in [2.05, 4.69) is 15.3 Å². The van der Waals surface area contributed by atoms with Crippen LogP contribution in [0.25, 0.3) is 0 Å². The van der Waals surface area contributed by atoms with Crippen LogP contribution < -0.4 is 10.2 Å². The Morgan fingerprint density at radius 1 is 1.25 bits per heavy atom. The van der Waals surface area contributed by atoms with Gasteiger partial charge < -0.3 is 20.4 Å². The van der Waals surface area contributed by atoms with E-state index in [1.807, 2.05) is 0 Å². The van der Waals surface area contributed by atoms with Crippen molar-refractivity contribution in [3.8, 4) is 5.75 Å². The standard InChI is InChI=1S/C15H14F2N4O3/c16-8-1-2-12(17)10(3-8)11-6-21(7-13(11)20-15(23)24)14-18-4-9(22)5-19-14/h1-5,11,13,20,22H,6-7H2,(H,23,24)/t11-,13+/m1/s1. The number of amides is 1. The summed E-state index contributed by atoms with van der Waals surface area (Å²) in [6.07, 6.45) is 1.16. The van der Waals surface area contributed by atoms with Crippen molar-refractivity contribution < 1.29 is 23.8 Å². The third kappa shape index (κ3) is 3.19. The molecule has 0 radical (unpaired) electrons. The SMILES string of the molecule is O=C(O)N[C@H]1CN(c2ncc(O)cn2)C[C@@H]1c1cc(F)ccc1F. The highest BCUT2D eigenvalue weighted by atomic mass is 19.1. The number of carboxylic acid groups (broad SMARTS) is 1. The number of rotatable bonds is 3. The fraction of sp³-hybridized carbons (Fsp3) is 0.267. The van der Waals surface area contributed by atoms with Crippen LogP contribution in [-0.2, 0) is 0 Å². The fourth-order valence-electron chi connectivity index (χ4n) is 2.86. The topological polar surface area (TPSA) is 98.6 Å². The van der Waals surface area contributed by atoms with Crippen molar-refractivity contribution in [3.05, 3.63) is 47.8 Å². The van der Waals surface area contributed by atoms with Crippen LogP contribution in [0.5, 0.6) is 5.75 Å². The summed E-state index contributed by atoms with van der Waals surface area (Å²) in [5.74, 6) is -1.64. The van der Waals surface area contributed by atoms with E-state index in [1.54, 1.807) is 4.90 Å². The molecule has 1 aromatic heterocycles. The first-order valence-electron chi connectivity index (χ1n) is 7.14. The third-order valence-corrected chi connectivity index (χ3v) is 3.89. The van der Waals surface area contributed by atoms with Crippen molar-refractivity contribution in [2.75, 3.05) is 18.0 Å². The number of hydrogen-bond donors (Lipinski definition) is 3. The quantitative estimate of drug-likeness (QED) is 0.789. The molecule has 2 atom stereocenters. The van der Waals surface area contributed by atoms with Gasteiger partial charge in [-0.1, -0.05) is 0 Å². The van der Waals surface area contributed by atoms with Crippen LogP contribution in [0, 0.1) is 11.6 Å². The molecular weight excluding hydrogens is 322 g/mol. The number of aromatic nitrogens is 2. The lowest BCUT2D eigenvalue weighted by molar-refractivity contribution is 0.189. The maximum absolute atomic E-state index is 14.1. The van der Waals surface area contributed by atoms with Gasteiger partial charge in [-0.3, -0.25) is 0 Å². The molecule has 1 saturated heterocycles. The van der Waals surface area contributed by atoms with Gasteiger partial charge in [0.05, 0.1) is 18.4 Å². The van der Waals surface area contributed by atoms with Crippen LogP contribution in [0.3, 0.4) is 0 Å². The van der Waals surface area contributed by atoms with Crippen LogP contribution >= 0.6 is 0 Å². The first-order valence-corrected chi connectivity index (χ1v) is 7.14. The Balaban J connectivity index is 1.92. The van der Waals surface area contributed by atoms with Gasteiger partial charge in [-0.2, -0.15) is 0 Å². The van der Waals surface area contributed by atoms with Gasteiger partial charge in [0.25, 0.3) is 0 Å². The molecule has 2 heterocycles. The number of carbonyl (C=O) groups is 1. The smallest absolute Gasteiger partial charge is 0.404 e. The molecule has 126 valence electrons. The molecule has 0 unspecified atom stereocenters. The van der Waals surface area contributed by atoms with Crippen molar-refractivity contribution >= 4 is 12.0 Å². The minimum atomic E-state index is -1.25. The molecule has 1 aliphatic rings. The Kier molecular flexibility index (Phi) is 4.15. The van der Waals surface area contributed by atoms with Crippen LogP contribution in [0.4, 0.5) is 19.5 Å². The molecule has 9 heteroatoms. The van der Waals surface area contributed by atoms with Gasteiger partial charge in [0.15, 0.2) is 5.75 Å². The maximum atomic E-state index is 14.1. The van der Waals surface area contributed by atoms with Crippen molar-refractivity contribution in [2.24, 2.45) is 0 Å². The number of aromatic hydroxyl groups is 1. The number of nitrogens with one attached hydrogen (secondary N) is 1. The Hall–Kier alpha value is -2.97. The van der Waals surface area contributed by atoms with Crippen molar-refractivity contribution in [1.29, 1.82) is 0 Å². The third-order valence-electron chi connectivity index (χ3n) is 3.89. The molecule has 0 spiro atoms. The second kappa shape index (κ2) is 6.26. The van der Waals surface area contributed by atoms with E-state index in [1.165, 1.54) is 12.4 Å². The van der Waals surface area contributed by atoms with Crippen molar-refractivity contribution in [3.63, 3.8) is 0 Å². The van der Waals surface area contributed by atoms with E-state index in [4.69, 9.17) is 5.11 Å². The predicted molar refractivity (Wildman–Crippen MR) is 80.0 cm³/mol. The highest BCUT2D eigenvalue weighted by Crippen LogP contribution is 2.32. The summed E-state index contributed by atoms with van der Waals surface area (Å²) in [5.41, 5.74) is 0.0926. The monoisotopic (exact) mass is 336 g/mol. The van der Waals surface area contributed by atoms with Gasteiger partial charge in [0.1, 0.15) is 11.6 Å². The van der Waals surface area contributed by atoms with E-state index in [-0.39, 0.29) is 30.4 Å². The molecule has 3 N–H and O–H groups in total. The molecule has 0 bridgehead atoms. The summed E-state index contributed by atoms with van der Waals surface area (Å²) in [5, 5.41) is 20.6. The van der Waals surface area contributed by atoms with Crippen LogP contribution in [0.2, 0.25) is 0 Å². The molecule has 1 aliphatic heterocycles. The van der Waals surface area contributed by atoms with Gasteiger partial charge in [0.2, 0.25) is 5.95 Å². The number of halogens is 2. The lowest BCUT2D eigenvalue weighted by Gasteiger charge is -2.18. The molecule has 1 aromatic carbocycles. The summed E-state index contributed by atoms with van der Waals surface area (Å²) < 4.78 is 27.6. The van der Waals surface area contributed by atoms with Crippen molar-refractivity contribution in [1.82, 2.24) is 15.3 Å². The Labute approximate surface area is 135 Å². The maximum Gasteiger partial charge on any atom is 0.404 e. The fourth-order valence-corrected chi connectivity index (χ4v) is 2.86. The van der Waals surface area contributed by atoms with E-state index in [0.717, 1.165) is 18.2 Å². The second-order valence-electron chi connectivity index (χ2n) is 5.47. The minimum Gasteiger partial charge on any atom is -0.505 e. The minimum absolute atomic E-state index is 0.0926. The average molecular weight is 336 g/mol. The van der Waals surface area contributed by atoms with E-state index in [0.29, 0.717) is 0 Å². The second-order valence-corrected chi connectivity index (χ2v) is 5.47. The molecule has 1 amide bonds. The zero-order chi connectivity index (χ0) is 17.3. The van der Waals surface area contributed by atoms with E-state index in [9.17, 15) is 18.7 Å². The van der Waals surface area contributed by atoms with E-state index < -0.39 is 29.7 Å². The molecule has 0 saturated carbocycles. The largest absolute Gasteiger partial charge is 0.505 e. The van der Waals surface area contributed by atoms with Gasteiger partial charge >= 0.3 is 6.09 Å². The summed E-state index contributed by atoms with van der Waals surface area (Å²) in [7, 11) is 0. The molecule has 2 aromatic rings. The molecule has 7 nitrogen and oxygen atoms in total. The average Bonchev–Trinajstić information content (AvgIpc) is 2.93. The van der Waals surface area contributed by atoms with Gasteiger partial charge in [0, 0.05) is 19.0 Å². The summed E-state index contributed by atoms with van der Waals surface area (Å²) >= 11 is 0. The Morgan fingerprint density at radius 2 is 1.96 bits per heavy atom. The van der Waals surface area contributed by atoms with Crippen molar-refractivity contribution in [2.45, 2.75) is 12.0 Å². The highest BCUT2D eigenvalue weighted by Gasteiger charge is 2.37. The van der Waals surface area contributed by atoms with Crippen LogP contribution in [0.1, 0.15) is 11.5 Å². The lowest BCUT2D eigenvalue weighted by atomic mass is 9.94. The predicted octanol–water partition coefficient (Wildman–Crippen LogP) is 1.70. The number of hydrogen-bond acceptors (Lipinski definition) is 5. The van der Waals surface area contributed by atoms with Crippen LogP contribution in [-0.4, -0.2) is 45.4 Å². The van der Waals surface area contributed by atoms with Crippen LogP contribution in [0.15, 0.2) is 30.6 Å². The van der Waals surface area contributed by atoms with Gasteiger partial charge in [-0.15, -0.1) is 0 Å². The Bertz CT molecular complexity index is 757. The first-order chi connectivity index (χ1) is 11.4. The molecule has 24 heavy (non-hydrogen) atoms. The Morgan fingerprint density at radius 3 is 2.62 bits per heavy atom. The lowest BCUT2D eigenvalue weighted by Crippen LogP contribution is -2.39. The van der Waals surface area contributed by atoms with Gasteiger partial charge in [-0.05, 0) is 23.8 Å². The summed E-state index contributed by atoms with van der Waals surface area (Å²) in [6, 6.07) is 2.44. The zero-order valence-electron chi connectivity index (χ0n) is 12.4. The first kappa shape index (κ1) is 15.9. The zero-order valence-corrected chi connectivity index (χ0v) is 12.4. The van der Waals surface area contributed by atoms with Gasteiger partial charge in [-0.25, -0.2) is 23.5 Å². The summed E-state index contributed by atoms with van der Waals surface area (Å²) in [6.45, 7) is 0.397. The number of anilines is 1.